The van der Waals surface area contributed by atoms with E-state index in [-0.39, 0.29) is 17.9 Å². The van der Waals surface area contributed by atoms with E-state index in [1.165, 1.54) is 5.56 Å². The number of rotatable bonds is 8. The van der Waals surface area contributed by atoms with E-state index in [0.29, 0.717) is 60.5 Å². The number of nitrogens with zero attached hydrogens (tertiary/aromatic N) is 4. The largest absolute Gasteiger partial charge is 0.475 e. The number of aromatic nitrogens is 2. The molecule has 2 amide bonds. The van der Waals surface area contributed by atoms with Crippen molar-refractivity contribution in [1.82, 2.24) is 19.6 Å². The van der Waals surface area contributed by atoms with E-state index in [2.05, 4.69) is 26.0 Å². The summed E-state index contributed by atoms with van der Waals surface area (Å²) in [6, 6.07) is 23.2. The Kier molecular flexibility index (Phi) is 8.52. The van der Waals surface area contributed by atoms with Gasteiger partial charge in [0.05, 0.1) is 17.3 Å². The molecule has 6 rings (SSSR count). The summed E-state index contributed by atoms with van der Waals surface area (Å²) < 4.78 is 8.05. The van der Waals surface area contributed by atoms with Crippen molar-refractivity contribution in [3.05, 3.63) is 100 Å². The average Bonchev–Trinajstić information content (AvgIpc) is 3.47. The van der Waals surface area contributed by atoms with Crippen molar-refractivity contribution in [2.75, 3.05) is 19.7 Å². The number of unbranched alkanes of at least 4 members (excludes halogenated alkanes) is 2. The van der Waals surface area contributed by atoms with Gasteiger partial charge in [0.2, 0.25) is 5.88 Å². The smallest absolute Gasteiger partial charge is 0.274 e. The Balaban J connectivity index is 1.45. The standard InChI is InChI=1S/C35H37ClN4O3/c1-3-5-17-38(18-6-4-2)35(42)31-21-33-40(37-31)32-16-13-26(24-11-14-28(36)15-12-24)20-30(32)34(41)39-22-27-10-8-7-9-25(27)19-29(39)23-43-33/h7-16,20-21,29H,3-6,17-19,22-23H2,1-2H3. The highest BCUT2D eigenvalue weighted by Gasteiger charge is 2.35. The molecule has 3 aromatic carbocycles. The molecule has 0 spiro atoms. The highest BCUT2D eigenvalue weighted by Crippen LogP contribution is 2.34. The lowest BCUT2D eigenvalue weighted by molar-refractivity contribution is 0.0569. The Labute approximate surface area is 258 Å². The van der Waals surface area contributed by atoms with Gasteiger partial charge in [-0.1, -0.05) is 80.8 Å². The monoisotopic (exact) mass is 596 g/mol. The predicted octanol–water partition coefficient (Wildman–Crippen LogP) is 7.19. The quantitative estimate of drug-likeness (QED) is 0.216. The van der Waals surface area contributed by atoms with Crippen LogP contribution in [-0.2, 0) is 13.0 Å². The van der Waals surface area contributed by atoms with E-state index < -0.39 is 0 Å². The second kappa shape index (κ2) is 12.6. The van der Waals surface area contributed by atoms with Crippen LogP contribution in [0.2, 0.25) is 5.02 Å². The van der Waals surface area contributed by atoms with Crippen molar-refractivity contribution in [2.45, 2.75) is 58.5 Å². The molecule has 1 unspecified atom stereocenters. The van der Waals surface area contributed by atoms with Crippen molar-refractivity contribution in [3.63, 3.8) is 0 Å². The SMILES string of the molecule is CCCCN(CCCC)C(=O)c1cc2n(n1)-c1ccc(-c3ccc(Cl)cc3)cc1C(=O)N1Cc3ccccc3CC1CO2. The average molecular weight is 597 g/mol. The minimum Gasteiger partial charge on any atom is -0.475 e. The maximum absolute atomic E-state index is 14.5. The number of halogens is 1. The minimum absolute atomic E-state index is 0.0855. The number of hydrogen-bond donors (Lipinski definition) is 0. The Hall–Kier alpha value is -4.10. The zero-order chi connectivity index (χ0) is 29.9. The zero-order valence-corrected chi connectivity index (χ0v) is 25.5. The second-order valence-corrected chi connectivity index (χ2v) is 11.8. The molecular weight excluding hydrogens is 560 g/mol. The van der Waals surface area contributed by atoms with Gasteiger partial charge in [0.15, 0.2) is 5.69 Å². The first-order valence-corrected chi connectivity index (χ1v) is 15.6. The van der Waals surface area contributed by atoms with Crippen molar-refractivity contribution >= 4 is 23.4 Å². The van der Waals surface area contributed by atoms with E-state index in [4.69, 9.17) is 21.4 Å². The third-order valence-corrected chi connectivity index (χ3v) is 8.67. The predicted molar refractivity (Wildman–Crippen MR) is 169 cm³/mol. The van der Waals surface area contributed by atoms with Crippen LogP contribution in [0, 0.1) is 0 Å². The zero-order valence-electron chi connectivity index (χ0n) is 24.8. The van der Waals surface area contributed by atoms with Crippen molar-refractivity contribution < 1.29 is 14.3 Å². The van der Waals surface area contributed by atoms with E-state index in [1.807, 2.05) is 64.4 Å². The topological polar surface area (TPSA) is 67.7 Å². The van der Waals surface area contributed by atoms with Gasteiger partial charge in [0.1, 0.15) is 6.61 Å². The van der Waals surface area contributed by atoms with Gasteiger partial charge in [-0.2, -0.15) is 9.78 Å². The molecule has 2 aliphatic rings. The van der Waals surface area contributed by atoms with Crippen molar-refractivity contribution in [2.24, 2.45) is 0 Å². The Morgan fingerprint density at radius 3 is 2.37 bits per heavy atom. The third-order valence-electron chi connectivity index (χ3n) is 8.42. The molecule has 0 aliphatic carbocycles. The van der Waals surface area contributed by atoms with E-state index in [1.54, 1.807) is 10.7 Å². The van der Waals surface area contributed by atoms with Crippen LogP contribution in [0.15, 0.2) is 72.8 Å². The lowest BCUT2D eigenvalue weighted by Crippen LogP contribution is -2.47. The first-order chi connectivity index (χ1) is 21.0. The third kappa shape index (κ3) is 5.91. The molecule has 3 heterocycles. The number of ether oxygens (including phenoxy) is 1. The summed E-state index contributed by atoms with van der Waals surface area (Å²) in [6.07, 6.45) is 4.57. The van der Waals surface area contributed by atoms with Crippen LogP contribution >= 0.6 is 11.6 Å². The molecule has 0 radical (unpaired) electrons. The molecule has 1 aromatic heterocycles. The van der Waals surface area contributed by atoms with Gasteiger partial charge in [0, 0.05) is 30.7 Å². The first kappa shape index (κ1) is 29.0. The maximum Gasteiger partial charge on any atom is 0.274 e. The van der Waals surface area contributed by atoms with Crippen LogP contribution in [0.4, 0.5) is 0 Å². The molecule has 0 saturated heterocycles. The molecular formula is C35H37ClN4O3. The summed E-state index contributed by atoms with van der Waals surface area (Å²) >= 11 is 6.16. The minimum atomic E-state index is -0.166. The fourth-order valence-electron chi connectivity index (χ4n) is 5.94. The second-order valence-electron chi connectivity index (χ2n) is 11.4. The molecule has 0 N–H and O–H groups in total. The van der Waals surface area contributed by atoms with Gasteiger partial charge >= 0.3 is 0 Å². The molecule has 0 bridgehead atoms. The van der Waals surface area contributed by atoms with Crippen molar-refractivity contribution in [1.29, 1.82) is 0 Å². The van der Waals surface area contributed by atoms with Gasteiger partial charge in [-0.25, -0.2) is 0 Å². The van der Waals surface area contributed by atoms with Crippen LogP contribution in [0.1, 0.15) is 71.5 Å². The molecule has 43 heavy (non-hydrogen) atoms. The molecule has 222 valence electrons. The number of hydrogen-bond acceptors (Lipinski definition) is 4. The summed E-state index contributed by atoms with van der Waals surface area (Å²) in [5.41, 5.74) is 5.65. The number of amides is 2. The summed E-state index contributed by atoms with van der Waals surface area (Å²) in [5, 5.41) is 5.44. The van der Waals surface area contributed by atoms with Gasteiger partial charge in [-0.05, 0) is 65.8 Å². The highest BCUT2D eigenvalue weighted by atomic mass is 35.5. The van der Waals surface area contributed by atoms with E-state index >= 15 is 0 Å². The number of fused-ring (bicyclic) bond motifs is 5. The summed E-state index contributed by atoms with van der Waals surface area (Å²) in [7, 11) is 0. The lowest BCUT2D eigenvalue weighted by atomic mass is 9.93. The Bertz CT molecular complexity index is 1620. The Morgan fingerprint density at radius 2 is 1.65 bits per heavy atom. The molecule has 8 heteroatoms. The summed E-state index contributed by atoms with van der Waals surface area (Å²) in [6.45, 7) is 6.43. The van der Waals surface area contributed by atoms with Gasteiger partial charge in [-0.15, -0.1) is 0 Å². The molecule has 1 atom stereocenters. The van der Waals surface area contributed by atoms with Crippen molar-refractivity contribution in [3.8, 4) is 22.7 Å². The lowest BCUT2D eigenvalue weighted by Gasteiger charge is -2.36. The first-order valence-electron chi connectivity index (χ1n) is 15.3. The number of carbonyl (C=O) groups excluding carboxylic acids is 2. The van der Waals surface area contributed by atoms with Gasteiger partial charge in [-0.3, -0.25) is 9.59 Å². The molecule has 2 aliphatic heterocycles. The van der Waals surface area contributed by atoms with Crippen LogP contribution in [0.5, 0.6) is 5.88 Å². The summed E-state index contributed by atoms with van der Waals surface area (Å²) in [5.74, 6) is 0.266. The fourth-order valence-corrected chi connectivity index (χ4v) is 6.07. The maximum atomic E-state index is 14.5. The molecule has 7 nitrogen and oxygen atoms in total. The fraction of sp³-hybridized carbons (Fsp3) is 0.343. The van der Waals surface area contributed by atoms with Gasteiger partial charge < -0.3 is 14.5 Å². The van der Waals surface area contributed by atoms with Crippen LogP contribution < -0.4 is 4.74 Å². The number of carbonyl (C=O) groups is 2. The Morgan fingerprint density at radius 1 is 0.953 bits per heavy atom. The molecule has 0 fully saturated rings. The van der Waals surface area contributed by atoms with E-state index in [9.17, 15) is 9.59 Å². The molecule has 0 saturated carbocycles. The van der Waals surface area contributed by atoms with Crippen LogP contribution in [-0.4, -0.2) is 57.1 Å². The number of benzene rings is 3. The van der Waals surface area contributed by atoms with E-state index in [0.717, 1.165) is 42.4 Å². The molecule has 4 aromatic rings. The van der Waals surface area contributed by atoms with Gasteiger partial charge in [0.25, 0.3) is 11.8 Å². The normalized spacial score (nSPS) is 15.7. The van der Waals surface area contributed by atoms with Crippen LogP contribution in [0.3, 0.4) is 0 Å². The highest BCUT2D eigenvalue weighted by molar-refractivity contribution is 6.30. The summed E-state index contributed by atoms with van der Waals surface area (Å²) in [4.78, 5) is 32.0. The van der Waals surface area contributed by atoms with Crippen LogP contribution in [0.25, 0.3) is 16.8 Å².